The molecule has 0 saturated heterocycles. The monoisotopic (exact) mass is 146 g/mol. The van der Waals surface area contributed by atoms with Gasteiger partial charge in [-0.05, 0) is 6.92 Å². The highest BCUT2D eigenvalue weighted by Crippen LogP contribution is 1.73. The van der Waals surface area contributed by atoms with E-state index in [9.17, 15) is 9.59 Å². The Morgan fingerprint density at radius 3 is 2.40 bits per heavy atom. The van der Waals surface area contributed by atoms with Gasteiger partial charge in [-0.1, -0.05) is 0 Å². The summed E-state index contributed by atoms with van der Waals surface area (Å²) in [6, 6.07) is 0. The summed E-state index contributed by atoms with van der Waals surface area (Å²) in [5.74, 6) is 0. The van der Waals surface area contributed by atoms with Crippen molar-refractivity contribution >= 4 is 0 Å². The third-order valence-corrected chi connectivity index (χ3v) is 1.00. The first-order chi connectivity index (χ1) is 4.20. The maximum atomic E-state index is 10.6. The van der Waals surface area contributed by atoms with E-state index < -0.39 is 5.69 Å². The third-order valence-electron chi connectivity index (χ3n) is 1.00. The van der Waals surface area contributed by atoms with E-state index in [1.54, 1.807) is 6.92 Å². The molecule has 0 aromatic carbocycles. The van der Waals surface area contributed by atoms with Gasteiger partial charge in [-0.2, -0.15) is 0 Å². The van der Waals surface area contributed by atoms with E-state index in [4.69, 9.17) is 0 Å². The molecule has 0 spiro atoms. The lowest BCUT2D eigenvalue weighted by molar-refractivity contribution is 1.01. The molecule has 0 saturated carbocycles. The SMILES string of the molecule is Cc1c[nH]c(=O)[nH]c1=O.F. The summed E-state index contributed by atoms with van der Waals surface area (Å²) in [6.07, 6.45) is 1.38. The highest BCUT2D eigenvalue weighted by atomic mass is 19.0. The highest BCUT2D eigenvalue weighted by molar-refractivity contribution is 4.98. The van der Waals surface area contributed by atoms with Crippen molar-refractivity contribution < 1.29 is 4.70 Å². The molecular weight excluding hydrogens is 139 g/mol. The van der Waals surface area contributed by atoms with Crippen LogP contribution in [0.2, 0.25) is 0 Å². The highest BCUT2D eigenvalue weighted by Gasteiger charge is 1.88. The minimum atomic E-state index is -0.467. The van der Waals surface area contributed by atoms with Gasteiger partial charge >= 0.3 is 5.69 Å². The summed E-state index contributed by atoms with van der Waals surface area (Å²) >= 11 is 0. The number of H-pyrrole nitrogens is 2. The summed E-state index contributed by atoms with van der Waals surface area (Å²) in [7, 11) is 0. The molecule has 0 unspecified atom stereocenters. The van der Waals surface area contributed by atoms with Gasteiger partial charge in [-0.15, -0.1) is 0 Å². The van der Waals surface area contributed by atoms with E-state index in [0.717, 1.165) is 0 Å². The van der Waals surface area contributed by atoms with Crippen LogP contribution in [0.3, 0.4) is 0 Å². The van der Waals surface area contributed by atoms with Crippen molar-refractivity contribution in [1.29, 1.82) is 0 Å². The smallest absolute Gasteiger partial charge is 0.314 e. The van der Waals surface area contributed by atoms with Gasteiger partial charge < -0.3 is 4.98 Å². The van der Waals surface area contributed by atoms with Gasteiger partial charge in [-0.3, -0.25) is 14.5 Å². The number of aryl methyl sites for hydroxylation is 1. The normalized spacial score (nSPS) is 8.50. The molecule has 1 heterocycles. The van der Waals surface area contributed by atoms with Crippen LogP contribution in [0.25, 0.3) is 0 Å². The Hall–Kier alpha value is -1.39. The Bertz CT molecular complexity index is 314. The van der Waals surface area contributed by atoms with Crippen LogP contribution >= 0.6 is 0 Å². The molecule has 10 heavy (non-hydrogen) atoms. The summed E-state index contributed by atoms with van der Waals surface area (Å²) in [5.41, 5.74) is -0.293. The fourth-order valence-corrected chi connectivity index (χ4v) is 0.477. The van der Waals surface area contributed by atoms with Crippen LogP contribution in [0.1, 0.15) is 5.56 Å². The van der Waals surface area contributed by atoms with Crippen LogP contribution in [0.15, 0.2) is 15.8 Å². The molecule has 0 bridgehead atoms. The number of nitrogens with one attached hydrogen (secondary N) is 2. The molecule has 5 heteroatoms. The fourth-order valence-electron chi connectivity index (χ4n) is 0.477. The molecule has 4 nitrogen and oxygen atoms in total. The second kappa shape index (κ2) is 2.95. The molecule has 2 N–H and O–H groups in total. The van der Waals surface area contributed by atoms with Crippen molar-refractivity contribution in [2.75, 3.05) is 0 Å². The maximum Gasteiger partial charge on any atom is 0.325 e. The van der Waals surface area contributed by atoms with Crippen LogP contribution in [-0.4, -0.2) is 9.97 Å². The van der Waals surface area contributed by atoms with Crippen molar-refractivity contribution in [2.45, 2.75) is 6.92 Å². The fraction of sp³-hybridized carbons (Fsp3) is 0.200. The molecular formula is C5H7FN2O2. The van der Waals surface area contributed by atoms with E-state index in [1.165, 1.54) is 6.20 Å². The first-order valence-electron chi connectivity index (χ1n) is 2.49. The van der Waals surface area contributed by atoms with Gasteiger partial charge in [-0.25, -0.2) is 4.79 Å². The topological polar surface area (TPSA) is 65.7 Å². The zero-order valence-electron chi connectivity index (χ0n) is 5.30. The van der Waals surface area contributed by atoms with Crippen molar-refractivity contribution in [2.24, 2.45) is 0 Å². The van der Waals surface area contributed by atoms with Gasteiger partial charge in [0.1, 0.15) is 0 Å². The molecule has 0 atom stereocenters. The average Bonchev–Trinajstić information content (AvgIpc) is 1.80. The average molecular weight is 146 g/mol. The number of rotatable bonds is 0. The lowest BCUT2D eigenvalue weighted by Gasteiger charge is -1.84. The number of hydrogen-bond donors (Lipinski definition) is 2. The maximum absolute atomic E-state index is 10.6. The lowest BCUT2D eigenvalue weighted by Crippen LogP contribution is -2.22. The van der Waals surface area contributed by atoms with Crippen LogP contribution in [-0.2, 0) is 0 Å². The van der Waals surface area contributed by atoms with Gasteiger partial charge in [0.2, 0.25) is 0 Å². The quantitative estimate of drug-likeness (QED) is 0.519. The van der Waals surface area contributed by atoms with Gasteiger partial charge in [0, 0.05) is 11.8 Å². The minimum Gasteiger partial charge on any atom is -0.314 e. The van der Waals surface area contributed by atoms with E-state index in [2.05, 4.69) is 9.97 Å². The molecule has 0 fully saturated rings. The van der Waals surface area contributed by atoms with Crippen LogP contribution in [0.5, 0.6) is 0 Å². The largest absolute Gasteiger partial charge is 0.325 e. The number of hydrogen-bond acceptors (Lipinski definition) is 2. The van der Waals surface area contributed by atoms with Crippen molar-refractivity contribution in [3.05, 3.63) is 32.6 Å². The molecule has 0 aliphatic rings. The zero-order chi connectivity index (χ0) is 6.85. The predicted molar refractivity (Wildman–Crippen MR) is 34.9 cm³/mol. The predicted octanol–water partition coefficient (Wildman–Crippen LogP) is -0.476. The Morgan fingerprint density at radius 2 is 2.00 bits per heavy atom. The van der Waals surface area contributed by atoms with Gasteiger partial charge in [0.05, 0.1) is 0 Å². The Morgan fingerprint density at radius 1 is 1.40 bits per heavy atom. The Balaban J connectivity index is 0.000000810. The van der Waals surface area contributed by atoms with Crippen LogP contribution in [0, 0.1) is 6.92 Å². The first-order valence-corrected chi connectivity index (χ1v) is 2.49. The van der Waals surface area contributed by atoms with E-state index in [1.807, 2.05) is 0 Å². The minimum absolute atomic E-state index is 0. The standard InChI is InChI=1S/C5H6N2O2.FH/c1-3-2-6-5(9)7-4(3)8;/h2H,1H3,(H2,6,7,8,9);1H. The molecule has 0 radical (unpaired) electrons. The number of aromatic nitrogens is 2. The van der Waals surface area contributed by atoms with Gasteiger partial charge in [0.15, 0.2) is 0 Å². The van der Waals surface area contributed by atoms with Crippen LogP contribution in [0.4, 0.5) is 4.70 Å². The molecule has 56 valence electrons. The summed E-state index contributed by atoms with van der Waals surface area (Å²) < 4.78 is 0. The summed E-state index contributed by atoms with van der Waals surface area (Å²) in [5, 5.41) is 0. The van der Waals surface area contributed by atoms with Crippen LogP contribution < -0.4 is 11.2 Å². The molecule has 0 aliphatic heterocycles. The molecule has 0 aliphatic carbocycles. The number of aromatic amines is 2. The number of halogens is 1. The van der Waals surface area contributed by atoms with Crippen molar-refractivity contribution in [1.82, 2.24) is 9.97 Å². The van der Waals surface area contributed by atoms with E-state index in [-0.39, 0.29) is 10.3 Å². The van der Waals surface area contributed by atoms with Gasteiger partial charge in [0.25, 0.3) is 5.56 Å². The van der Waals surface area contributed by atoms with Crippen molar-refractivity contribution in [3.63, 3.8) is 0 Å². The zero-order valence-corrected chi connectivity index (χ0v) is 5.30. The van der Waals surface area contributed by atoms with E-state index >= 15 is 0 Å². The van der Waals surface area contributed by atoms with Crippen molar-refractivity contribution in [3.8, 4) is 0 Å². The third kappa shape index (κ3) is 1.54. The Kier molecular flexibility index (Phi) is 2.54. The molecule has 0 amide bonds. The second-order valence-electron chi connectivity index (χ2n) is 1.75. The first kappa shape index (κ1) is 8.61. The summed E-state index contributed by atoms with van der Waals surface area (Å²) in [4.78, 5) is 25.3. The molecule has 1 aromatic rings. The molecule has 1 aromatic heterocycles. The summed E-state index contributed by atoms with van der Waals surface area (Å²) in [6.45, 7) is 1.62. The van der Waals surface area contributed by atoms with E-state index in [0.29, 0.717) is 5.56 Å². The second-order valence-corrected chi connectivity index (χ2v) is 1.75. The molecule has 1 rings (SSSR count). The Labute approximate surface area is 55.3 Å². The lowest BCUT2D eigenvalue weighted by atomic mass is 10.4.